The highest BCUT2D eigenvalue weighted by Gasteiger charge is 2.28. The molecule has 0 radical (unpaired) electrons. The van der Waals surface area contributed by atoms with E-state index in [1.165, 1.54) is 6.07 Å². The van der Waals surface area contributed by atoms with E-state index in [1.807, 2.05) is 13.8 Å². The van der Waals surface area contributed by atoms with E-state index in [-0.39, 0.29) is 11.9 Å². The second-order valence-corrected chi connectivity index (χ2v) is 4.57. The number of nitrogens with zero attached hydrogens (tertiary/aromatic N) is 2. The third-order valence-electron chi connectivity index (χ3n) is 3.24. The molecule has 5 heteroatoms. The van der Waals surface area contributed by atoms with Crippen LogP contribution in [0.15, 0.2) is 12.3 Å². The summed E-state index contributed by atoms with van der Waals surface area (Å²) in [6, 6.07) is 1.48. The van der Waals surface area contributed by atoms with Crippen molar-refractivity contribution in [1.29, 1.82) is 0 Å². The van der Waals surface area contributed by atoms with Crippen molar-refractivity contribution in [3.63, 3.8) is 0 Å². The van der Waals surface area contributed by atoms with Gasteiger partial charge in [0.1, 0.15) is 11.6 Å². The number of likely N-dealkylation sites (tertiary alicyclic amines) is 1. The van der Waals surface area contributed by atoms with E-state index in [0.717, 1.165) is 25.6 Å². The monoisotopic (exact) mass is 251 g/mol. The minimum Gasteiger partial charge on any atom is -0.370 e. The first kappa shape index (κ1) is 12.8. The summed E-state index contributed by atoms with van der Waals surface area (Å²) in [7, 11) is 0. The molecule has 0 bridgehead atoms. The van der Waals surface area contributed by atoms with Crippen molar-refractivity contribution in [2.75, 3.05) is 18.4 Å². The maximum absolute atomic E-state index is 13.3. The number of hydrogen-bond acceptors (Lipinski definition) is 3. The van der Waals surface area contributed by atoms with Crippen molar-refractivity contribution in [3.05, 3.63) is 23.6 Å². The fourth-order valence-electron chi connectivity index (χ4n) is 2.30. The number of hydrogen-bond donors (Lipinski definition) is 1. The minimum absolute atomic E-state index is 0.136. The maximum atomic E-state index is 13.3. The Hall–Kier alpha value is -1.65. The number of carbonyl (C=O) groups is 1. The zero-order valence-corrected chi connectivity index (χ0v) is 10.7. The molecule has 2 rings (SSSR count). The smallest absolute Gasteiger partial charge is 0.257 e. The predicted octanol–water partition coefficient (Wildman–Crippen LogP) is 2.28. The van der Waals surface area contributed by atoms with Gasteiger partial charge in [0.05, 0.1) is 11.8 Å². The van der Waals surface area contributed by atoms with Gasteiger partial charge in [0.2, 0.25) is 0 Å². The van der Waals surface area contributed by atoms with Gasteiger partial charge < -0.3 is 10.2 Å². The Morgan fingerprint density at radius 1 is 1.67 bits per heavy atom. The Kier molecular flexibility index (Phi) is 3.79. The van der Waals surface area contributed by atoms with Crippen molar-refractivity contribution in [3.8, 4) is 0 Å². The first-order valence-electron chi connectivity index (χ1n) is 6.34. The van der Waals surface area contributed by atoms with E-state index in [4.69, 9.17) is 0 Å². The van der Waals surface area contributed by atoms with Crippen LogP contribution >= 0.6 is 0 Å². The van der Waals surface area contributed by atoms with Crippen LogP contribution < -0.4 is 5.32 Å². The summed E-state index contributed by atoms with van der Waals surface area (Å²) >= 11 is 0. The van der Waals surface area contributed by atoms with Crippen molar-refractivity contribution in [1.82, 2.24) is 9.88 Å². The van der Waals surface area contributed by atoms with E-state index in [9.17, 15) is 9.18 Å². The van der Waals surface area contributed by atoms with Crippen LogP contribution in [0.3, 0.4) is 0 Å². The largest absolute Gasteiger partial charge is 0.370 e. The van der Waals surface area contributed by atoms with Gasteiger partial charge in [-0.15, -0.1) is 0 Å². The lowest BCUT2D eigenvalue weighted by molar-refractivity contribution is 0.0747. The molecule has 1 aliphatic rings. The van der Waals surface area contributed by atoms with Crippen molar-refractivity contribution in [2.24, 2.45) is 0 Å². The number of pyridine rings is 1. The Balaban J connectivity index is 2.30. The molecule has 1 aromatic heterocycles. The summed E-state index contributed by atoms with van der Waals surface area (Å²) in [5, 5.41) is 3.00. The Morgan fingerprint density at radius 3 is 3.06 bits per heavy atom. The van der Waals surface area contributed by atoms with Crippen LogP contribution in [0, 0.1) is 5.82 Å². The Morgan fingerprint density at radius 2 is 2.44 bits per heavy atom. The number of anilines is 1. The number of halogens is 1. The summed E-state index contributed by atoms with van der Waals surface area (Å²) in [5.41, 5.74) is 0.325. The third kappa shape index (κ3) is 2.44. The highest BCUT2D eigenvalue weighted by atomic mass is 19.1. The minimum atomic E-state index is -0.480. The van der Waals surface area contributed by atoms with Gasteiger partial charge in [-0.1, -0.05) is 0 Å². The first-order chi connectivity index (χ1) is 8.63. The summed E-state index contributed by atoms with van der Waals surface area (Å²) in [6.07, 6.45) is 3.14. The molecule has 1 fully saturated rings. The van der Waals surface area contributed by atoms with Gasteiger partial charge in [-0.05, 0) is 32.8 Å². The molecule has 1 amide bonds. The number of nitrogens with one attached hydrogen (secondary N) is 1. The predicted molar refractivity (Wildman–Crippen MR) is 68.1 cm³/mol. The average molecular weight is 251 g/mol. The molecule has 1 aliphatic heterocycles. The van der Waals surface area contributed by atoms with Crippen LogP contribution in [0.5, 0.6) is 0 Å². The summed E-state index contributed by atoms with van der Waals surface area (Å²) in [5.74, 6) is -0.155. The van der Waals surface area contributed by atoms with E-state index in [2.05, 4.69) is 10.3 Å². The number of carbonyl (C=O) groups excluding carboxylic acids is 1. The molecule has 1 unspecified atom stereocenters. The van der Waals surface area contributed by atoms with E-state index in [0.29, 0.717) is 17.9 Å². The van der Waals surface area contributed by atoms with Gasteiger partial charge in [0.15, 0.2) is 0 Å². The quantitative estimate of drug-likeness (QED) is 0.896. The SMILES string of the molecule is CCNc1ncc(F)cc1C(=O)N1CCCC1C. The lowest BCUT2D eigenvalue weighted by Gasteiger charge is -2.22. The van der Waals surface area contributed by atoms with Crippen molar-refractivity contribution >= 4 is 11.7 Å². The normalized spacial score (nSPS) is 19.1. The third-order valence-corrected chi connectivity index (χ3v) is 3.24. The molecule has 4 nitrogen and oxygen atoms in total. The second-order valence-electron chi connectivity index (χ2n) is 4.57. The molecule has 0 aliphatic carbocycles. The van der Waals surface area contributed by atoms with Gasteiger partial charge in [-0.2, -0.15) is 0 Å². The zero-order valence-electron chi connectivity index (χ0n) is 10.7. The molecule has 0 aromatic carbocycles. The summed E-state index contributed by atoms with van der Waals surface area (Å²) in [6.45, 7) is 5.32. The molecular formula is C13H18FN3O. The number of rotatable bonds is 3. The fraction of sp³-hybridized carbons (Fsp3) is 0.538. The van der Waals surface area contributed by atoms with Crippen molar-refractivity contribution in [2.45, 2.75) is 32.7 Å². The topological polar surface area (TPSA) is 45.2 Å². The molecule has 0 saturated carbocycles. The lowest BCUT2D eigenvalue weighted by atomic mass is 10.2. The highest BCUT2D eigenvalue weighted by Crippen LogP contribution is 2.22. The fourth-order valence-corrected chi connectivity index (χ4v) is 2.30. The molecule has 1 N–H and O–H groups in total. The molecule has 2 heterocycles. The van der Waals surface area contributed by atoms with Gasteiger partial charge in [-0.3, -0.25) is 4.79 Å². The van der Waals surface area contributed by atoms with E-state index < -0.39 is 5.82 Å². The van der Waals surface area contributed by atoms with Crippen LogP contribution in [-0.4, -0.2) is 34.9 Å². The van der Waals surface area contributed by atoms with Gasteiger partial charge in [-0.25, -0.2) is 9.37 Å². The Labute approximate surface area is 106 Å². The van der Waals surface area contributed by atoms with Gasteiger partial charge >= 0.3 is 0 Å². The Bertz CT molecular complexity index is 450. The van der Waals surface area contributed by atoms with Crippen LogP contribution in [0.1, 0.15) is 37.0 Å². The molecule has 1 saturated heterocycles. The molecular weight excluding hydrogens is 233 g/mol. The van der Waals surface area contributed by atoms with Crippen LogP contribution in [-0.2, 0) is 0 Å². The maximum Gasteiger partial charge on any atom is 0.257 e. The van der Waals surface area contributed by atoms with Crippen LogP contribution in [0.2, 0.25) is 0 Å². The zero-order chi connectivity index (χ0) is 13.1. The molecule has 18 heavy (non-hydrogen) atoms. The van der Waals surface area contributed by atoms with Crippen LogP contribution in [0.25, 0.3) is 0 Å². The lowest BCUT2D eigenvalue weighted by Crippen LogP contribution is -2.34. The van der Waals surface area contributed by atoms with Gasteiger partial charge in [0.25, 0.3) is 5.91 Å². The van der Waals surface area contributed by atoms with Crippen LogP contribution in [0.4, 0.5) is 10.2 Å². The van der Waals surface area contributed by atoms with E-state index in [1.54, 1.807) is 4.90 Å². The van der Waals surface area contributed by atoms with Crippen molar-refractivity contribution < 1.29 is 9.18 Å². The molecule has 0 spiro atoms. The standard InChI is InChI=1S/C13H18FN3O/c1-3-15-12-11(7-10(14)8-16-12)13(18)17-6-4-5-9(17)2/h7-9H,3-6H2,1-2H3,(H,15,16). The highest BCUT2D eigenvalue weighted by molar-refractivity contribution is 5.99. The van der Waals surface area contributed by atoms with Gasteiger partial charge in [0, 0.05) is 19.1 Å². The average Bonchev–Trinajstić information content (AvgIpc) is 2.77. The molecule has 1 atom stereocenters. The second kappa shape index (κ2) is 5.33. The summed E-state index contributed by atoms with van der Waals surface area (Å²) in [4.78, 5) is 18.1. The molecule has 1 aromatic rings. The first-order valence-corrected chi connectivity index (χ1v) is 6.34. The summed E-state index contributed by atoms with van der Waals surface area (Å²) < 4.78 is 13.3. The molecule has 98 valence electrons. The number of aromatic nitrogens is 1. The van der Waals surface area contributed by atoms with E-state index >= 15 is 0 Å². The number of amides is 1.